The monoisotopic (exact) mass is 327 g/mol. The van der Waals surface area contributed by atoms with Gasteiger partial charge in [0.1, 0.15) is 36.4 Å². The molecule has 134 valence electrons. The minimum atomic E-state index is 0.294. The van der Waals surface area contributed by atoms with Crippen molar-refractivity contribution in [2.24, 2.45) is 0 Å². The number of rotatable bonds is 9. The molecule has 0 bridgehead atoms. The largest absolute Gasteiger partial charge is 0.307 e. The first-order valence-corrected chi connectivity index (χ1v) is 10.7. The first kappa shape index (κ1) is 22.3. The zero-order chi connectivity index (χ0) is 18.5. The molecule has 4 unspecified atom stereocenters. The average molecular weight is 327 g/mol. The van der Waals surface area contributed by atoms with Crippen LogP contribution in [-0.4, -0.2) is 47.5 Å². The Balaban J connectivity index is 2.40. The maximum atomic E-state index is 3.83. The number of hydrogen-bond acceptors (Lipinski definition) is 1. The van der Waals surface area contributed by atoms with Crippen LogP contribution in [0, 0.1) is 0 Å². The first-order valence-electron chi connectivity index (χ1n) is 10.7. The standard InChI is InChI=1S/C18H42B5N/c1-12(19-9)20-13(2)21-14(3)22-15(4)23-16-10-17(5,6)24-18(7,8)11-16/h12-16,19-24H,10-11H2,1-9H3. The van der Waals surface area contributed by atoms with E-state index in [0.717, 1.165) is 28.7 Å². The Labute approximate surface area is 156 Å². The lowest BCUT2D eigenvalue weighted by atomic mass is 9.25. The van der Waals surface area contributed by atoms with Gasteiger partial charge in [0.05, 0.1) is 0 Å². The fraction of sp³-hybridized carbons (Fsp3) is 1.00. The van der Waals surface area contributed by atoms with Crippen molar-refractivity contribution >= 4 is 36.4 Å². The van der Waals surface area contributed by atoms with Crippen LogP contribution in [0.5, 0.6) is 0 Å². The lowest BCUT2D eigenvalue weighted by Crippen LogP contribution is -2.57. The van der Waals surface area contributed by atoms with E-state index in [0.29, 0.717) is 11.1 Å². The Morgan fingerprint density at radius 3 is 1.62 bits per heavy atom. The number of piperidine rings is 1. The molecule has 0 amide bonds. The van der Waals surface area contributed by atoms with Gasteiger partial charge in [0.15, 0.2) is 0 Å². The van der Waals surface area contributed by atoms with Gasteiger partial charge in [0.2, 0.25) is 0 Å². The van der Waals surface area contributed by atoms with Crippen LogP contribution in [0.4, 0.5) is 0 Å². The Morgan fingerprint density at radius 1 is 0.750 bits per heavy atom. The lowest BCUT2D eigenvalue weighted by molar-refractivity contribution is 0.182. The maximum Gasteiger partial charge on any atom is 0.119 e. The molecule has 1 N–H and O–H groups in total. The van der Waals surface area contributed by atoms with Crippen LogP contribution >= 0.6 is 0 Å². The summed E-state index contributed by atoms with van der Waals surface area (Å²) in [5.74, 6) is 0.885. The van der Waals surface area contributed by atoms with Gasteiger partial charge in [-0.1, -0.05) is 63.2 Å². The summed E-state index contributed by atoms with van der Waals surface area (Å²) in [7, 11) is 6.98. The zero-order valence-electron chi connectivity index (χ0n) is 18.3. The highest BCUT2D eigenvalue weighted by Crippen LogP contribution is 2.37. The van der Waals surface area contributed by atoms with E-state index in [1.165, 1.54) is 49.2 Å². The van der Waals surface area contributed by atoms with E-state index < -0.39 is 0 Å². The average Bonchev–Trinajstić information content (AvgIpc) is 2.33. The van der Waals surface area contributed by atoms with Gasteiger partial charge < -0.3 is 5.32 Å². The van der Waals surface area contributed by atoms with Crippen LogP contribution < -0.4 is 5.32 Å². The molecule has 1 nitrogen and oxygen atoms in total. The second-order valence-electron chi connectivity index (χ2n) is 10.9. The molecule has 0 radical (unpaired) electrons. The highest BCUT2D eigenvalue weighted by atomic mass is 15.0. The van der Waals surface area contributed by atoms with Crippen LogP contribution in [0.3, 0.4) is 0 Å². The summed E-state index contributed by atoms with van der Waals surface area (Å²) in [5, 5.41) is 3.83. The van der Waals surface area contributed by atoms with Gasteiger partial charge in [-0.05, 0) is 40.5 Å². The highest BCUT2D eigenvalue weighted by Gasteiger charge is 2.38. The summed E-state index contributed by atoms with van der Waals surface area (Å²) in [6.45, 7) is 21.7. The molecule has 1 heterocycles. The summed E-state index contributed by atoms with van der Waals surface area (Å²) >= 11 is 0. The van der Waals surface area contributed by atoms with Gasteiger partial charge in [-0.25, -0.2) is 0 Å². The van der Waals surface area contributed by atoms with Crippen LogP contribution in [0.1, 0.15) is 68.2 Å². The number of nitrogens with one attached hydrogen (secondary N) is 1. The minimum Gasteiger partial charge on any atom is -0.307 e. The lowest BCUT2D eigenvalue weighted by Gasteiger charge is -2.47. The quantitative estimate of drug-likeness (QED) is 0.642. The van der Waals surface area contributed by atoms with Crippen molar-refractivity contribution in [2.45, 2.75) is 115 Å². The highest BCUT2D eigenvalue weighted by molar-refractivity contribution is 6.74. The Hall–Kier alpha value is 0.285. The molecule has 0 aromatic carbocycles. The smallest absolute Gasteiger partial charge is 0.119 e. The molecular formula is C18H42B5N. The van der Waals surface area contributed by atoms with Gasteiger partial charge in [-0.3, -0.25) is 0 Å². The fourth-order valence-corrected chi connectivity index (χ4v) is 5.79. The second-order valence-corrected chi connectivity index (χ2v) is 10.9. The van der Waals surface area contributed by atoms with E-state index in [-0.39, 0.29) is 0 Å². The molecule has 0 aliphatic carbocycles. The van der Waals surface area contributed by atoms with E-state index in [1.54, 1.807) is 0 Å². The van der Waals surface area contributed by atoms with E-state index in [4.69, 9.17) is 0 Å². The first-order chi connectivity index (χ1) is 10.9. The topological polar surface area (TPSA) is 12.0 Å². The molecule has 0 saturated carbocycles. The normalized spacial score (nSPS) is 25.0. The van der Waals surface area contributed by atoms with Crippen LogP contribution in [-0.2, 0) is 0 Å². The van der Waals surface area contributed by atoms with Crippen molar-refractivity contribution in [2.75, 3.05) is 0 Å². The molecule has 1 rings (SSSR count). The summed E-state index contributed by atoms with van der Waals surface area (Å²) in [6, 6.07) is 0. The summed E-state index contributed by atoms with van der Waals surface area (Å²) in [5.41, 5.74) is 4.11. The van der Waals surface area contributed by atoms with Crippen molar-refractivity contribution in [1.82, 2.24) is 5.32 Å². The van der Waals surface area contributed by atoms with Gasteiger partial charge >= 0.3 is 0 Å². The van der Waals surface area contributed by atoms with Crippen molar-refractivity contribution in [1.29, 1.82) is 0 Å². The molecule has 1 aliphatic heterocycles. The van der Waals surface area contributed by atoms with E-state index in [1.807, 2.05) is 0 Å². The second kappa shape index (κ2) is 9.29. The molecule has 1 saturated heterocycles. The van der Waals surface area contributed by atoms with E-state index >= 15 is 0 Å². The van der Waals surface area contributed by atoms with Crippen molar-refractivity contribution in [3.63, 3.8) is 0 Å². The third-order valence-electron chi connectivity index (χ3n) is 6.12. The molecular weight excluding hydrogens is 284 g/mol. The van der Waals surface area contributed by atoms with E-state index in [2.05, 4.69) is 67.5 Å². The molecule has 4 atom stereocenters. The molecule has 0 aromatic heterocycles. The molecule has 6 heteroatoms. The Bertz CT molecular complexity index is 358. The Kier molecular flexibility index (Phi) is 8.64. The van der Waals surface area contributed by atoms with Crippen molar-refractivity contribution < 1.29 is 0 Å². The zero-order valence-corrected chi connectivity index (χ0v) is 18.3. The molecule has 0 aromatic rings. The van der Waals surface area contributed by atoms with Crippen LogP contribution in [0.2, 0.25) is 35.5 Å². The van der Waals surface area contributed by atoms with Gasteiger partial charge in [-0.15, -0.1) is 0 Å². The van der Waals surface area contributed by atoms with E-state index in [9.17, 15) is 0 Å². The van der Waals surface area contributed by atoms with Gasteiger partial charge in [0, 0.05) is 11.1 Å². The predicted molar refractivity (Wildman–Crippen MR) is 124 cm³/mol. The SMILES string of the molecule is CBC(C)BC(C)BC(C)BC(C)BC1CC(C)(C)NC(C)(C)C1. The third kappa shape index (κ3) is 8.59. The summed E-state index contributed by atoms with van der Waals surface area (Å²) < 4.78 is 0. The summed E-state index contributed by atoms with van der Waals surface area (Å²) in [4.78, 5) is 0. The molecule has 0 spiro atoms. The van der Waals surface area contributed by atoms with Crippen molar-refractivity contribution in [3.05, 3.63) is 0 Å². The Morgan fingerprint density at radius 2 is 1.17 bits per heavy atom. The molecule has 1 aliphatic rings. The summed E-state index contributed by atoms with van der Waals surface area (Å²) in [6.07, 6.45) is 2.67. The molecule has 1 fully saturated rings. The maximum absolute atomic E-state index is 3.83. The predicted octanol–water partition coefficient (Wildman–Crippen LogP) is 3.01. The molecule has 24 heavy (non-hydrogen) atoms. The fourth-order valence-electron chi connectivity index (χ4n) is 5.79. The van der Waals surface area contributed by atoms with Gasteiger partial charge in [0.25, 0.3) is 0 Å². The van der Waals surface area contributed by atoms with Crippen molar-refractivity contribution in [3.8, 4) is 0 Å². The van der Waals surface area contributed by atoms with Crippen LogP contribution in [0.25, 0.3) is 0 Å². The number of hydrogen-bond donors (Lipinski definition) is 1. The van der Waals surface area contributed by atoms with Crippen LogP contribution in [0.15, 0.2) is 0 Å². The van der Waals surface area contributed by atoms with Gasteiger partial charge in [-0.2, -0.15) is 0 Å². The minimum absolute atomic E-state index is 0.294. The third-order valence-corrected chi connectivity index (χ3v) is 6.12.